The summed E-state index contributed by atoms with van der Waals surface area (Å²) >= 11 is 0. The number of H-pyrrole nitrogens is 1. The number of hydrogen-bond donors (Lipinski definition) is 2. The first-order valence-corrected chi connectivity index (χ1v) is 9.72. The number of piperidine rings is 1. The highest BCUT2D eigenvalue weighted by Gasteiger charge is 2.33. The summed E-state index contributed by atoms with van der Waals surface area (Å²) in [5, 5.41) is 16.1. The molecular weight excluding hydrogens is 381 g/mol. The SMILES string of the molecule is C#CC1(F)CCN(c2cc(-c3n[nH]c4ccc(C(C=N)C=NC)cc34)ncn2)CC1. The van der Waals surface area contributed by atoms with E-state index in [1.165, 1.54) is 12.5 Å². The van der Waals surface area contributed by atoms with E-state index in [0.717, 1.165) is 22.3 Å². The predicted octanol–water partition coefficient (Wildman–Crippen LogP) is 3.40. The van der Waals surface area contributed by atoms with Gasteiger partial charge in [0.15, 0.2) is 5.67 Å². The topological polar surface area (TPSA) is 93.9 Å². The highest BCUT2D eigenvalue weighted by atomic mass is 19.1. The maximum Gasteiger partial charge on any atom is 0.173 e. The van der Waals surface area contributed by atoms with E-state index >= 15 is 0 Å². The van der Waals surface area contributed by atoms with Crippen LogP contribution in [0.2, 0.25) is 0 Å². The molecule has 4 rings (SSSR count). The van der Waals surface area contributed by atoms with Gasteiger partial charge in [-0.25, -0.2) is 14.4 Å². The minimum atomic E-state index is -1.53. The molecule has 1 aliphatic heterocycles. The Hall–Kier alpha value is -3.60. The van der Waals surface area contributed by atoms with Crippen molar-refractivity contribution in [3.63, 3.8) is 0 Å². The Morgan fingerprint density at radius 3 is 2.83 bits per heavy atom. The first-order chi connectivity index (χ1) is 14.6. The summed E-state index contributed by atoms with van der Waals surface area (Å²) in [7, 11) is 1.69. The van der Waals surface area contributed by atoms with Crippen molar-refractivity contribution in [3.05, 3.63) is 36.2 Å². The zero-order valence-corrected chi connectivity index (χ0v) is 16.6. The monoisotopic (exact) mass is 403 g/mol. The number of aliphatic imine (C=N–C) groups is 1. The minimum absolute atomic E-state index is 0.200. The number of rotatable bonds is 5. The quantitative estimate of drug-likeness (QED) is 0.504. The van der Waals surface area contributed by atoms with Crippen LogP contribution in [0.5, 0.6) is 0 Å². The zero-order chi connectivity index (χ0) is 21.1. The summed E-state index contributed by atoms with van der Waals surface area (Å²) < 4.78 is 14.3. The third-order valence-corrected chi connectivity index (χ3v) is 5.49. The lowest BCUT2D eigenvalue weighted by molar-refractivity contribution is 0.196. The second-order valence-corrected chi connectivity index (χ2v) is 7.34. The summed E-state index contributed by atoms with van der Waals surface area (Å²) in [6, 6.07) is 7.76. The van der Waals surface area contributed by atoms with E-state index < -0.39 is 5.67 Å². The maximum absolute atomic E-state index is 14.3. The number of aromatic amines is 1. The number of aromatic nitrogens is 4. The summed E-state index contributed by atoms with van der Waals surface area (Å²) in [4.78, 5) is 14.8. The number of anilines is 1. The number of nitrogens with one attached hydrogen (secondary N) is 2. The van der Waals surface area contributed by atoms with Crippen molar-refractivity contribution in [1.82, 2.24) is 20.2 Å². The number of halogens is 1. The van der Waals surface area contributed by atoms with Gasteiger partial charge in [-0.15, -0.1) is 6.42 Å². The molecule has 2 N–H and O–H groups in total. The van der Waals surface area contributed by atoms with Crippen LogP contribution in [0.15, 0.2) is 35.6 Å². The van der Waals surface area contributed by atoms with E-state index in [4.69, 9.17) is 11.8 Å². The van der Waals surface area contributed by atoms with Gasteiger partial charge in [0.1, 0.15) is 17.8 Å². The first-order valence-electron chi connectivity index (χ1n) is 9.72. The fraction of sp³-hybridized carbons (Fsp3) is 0.318. The maximum atomic E-state index is 14.3. The largest absolute Gasteiger partial charge is 0.356 e. The number of fused-ring (bicyclic) bond motifs is 1. The molecule has 2 aromatic heterocycles. The van der Waals surface area contributed by atoms with Crippen molar-refractivity contribution >= 4 is 29.1 Å². The molecule has 3 heterocycles. The average Bonchev–Trinajstić information content (AvgIpc) is 3.21. The number of hydrogen-bond acceptors (Lipinski definition) is 6. The Bertz CT molecular complexity index is 1140. The van der Waals surface area contributed by atoms with Crippen molar-refractivity contribution in [1.29, 1.82) is 5.41 Å². The van der Waals surface area contributed by atoms with Gasteiger partial charge in [-0.2, -0.15) is 5.10 Å². The summed E-state index contributed by atoms with van der Waals surface area (Å²) in [5.41, 5.74) is 1.67. The molecule has 1 fully saturated rings. The number of benzene rings is 1. The fourth-order valence-corrected chi connectivity index (χ4v) is 3.70. The molecule has 3 aromatic rings. The van der Waals surface area contributed by atoms with Crippen molar-refractivity contribution < 1.29 is 4.39 Å². The second-order valence-electron chi connectivity index (χ2n) is 7.34. The second kappa shape index (κ2) is 8.03. The molecule has 0 aliphatic carbocycles. The summed E-state index contributed by atoms with van der Waals surface area (Å²) in [6.45, 7) is 1.000. The molecule has 152 valence electrons. The lowest BCUT2D eigenvalue weighted by atomic mass is 9.94. The van der Waals surface area contributed by atoms with Crippen molar-refractivity contribution in [2.45, 2.75) is 24.4 Å². The smallest absolute Gasteiger partial charge is 0.173 e. The number of alkyl halides is 1. The minimum Gasteiger partial charge on any atom is -0.356 e. The Morgan fingerprint density at radius 1 is 1.33 bits per heavy atom. The zero-order valence-electron chi connectivity index (χ0n) is 16.6. The standard InChI is InChI=1S/C22H22FN7/c1-3-22(23)6-8-30(9-7-22)20-11-19(26-14-27-20)21-17-10-15(16(12-24)13-25-2)4-5-18(17)28-29-21/h1,4-5,10-14,16,24H,6-9H2,2H3,(H,28,29). The lowest BCUT2D eigenvalue weighted by Crippen LogP contribution is -2.41. The average molecular weight is 403 g/mol. The van der Waals surface area contributed by atoms with Gasteiger partial charge in [-0.1, -0.05) is 12.0 Å². The van der Waals surface area contributed by atoms with Crippen LogP contribution in [0.4, 0.5) is 10.2 Å². The lowest BCUT2D eigenvalue weighted by Gasteiger charge is -2.34. The predicted molar refractivity (Wildman–Crippen MR) is 117 cm³/mol. The van der Waals surface area contributed by atoms with E-state index in [2.05, 4.69) is 31.1 Å². The Morgan fingerprint density at radius 2 is 2.13 bits per heavy atom. The highest BCUT2D eigenvalue weighted by molar-refractivity contribution is 5.95. The normalized spacial score (nSPS) is 17.2. The molecule has 1 aliphatic rings. The van der Waals surface area contributed by atoms with Gasteiger partial charge in [0.25, 0.3) is 0 Å². The van der Waals surface area contributed by atoms with Crippen LogP contribution in [-0.4, -0.2) is 58.4 Å². The molecule has 8 heteroatoms. The summed E-state index contributed by atoms with van der Waals surface area (Å²) in [6.07, 6.45) is 10.5. The number of terminal acetylenes is 1. The van der Waals surface area contributed by atoms with Crippen LogP contribution in [0.3, 0.4) is 0 Å². The Labute approximate surface area is 174 Å². The molecule has 0 amide bonds. The van der Waals surface area contributed by atoms with Gasteiger partial charge in [0.05, 0.1) is 17.1 Å². The van der Waals surface area contributed by atoms with Gasteiger partial charge in [0.2, 0.25) is 0 Å². The van der Waals surface area contributed by atoms with Gasteiger partial charge in [0, 0.05) is 56.9 Å². The summed E-state index contributed by atoms with van der Waals surface area (Å²) in [5.74, 6) is 2.79. The van der Waals surface area contributed by atoms with Crippen molar-refractivity contribution in [3.8, 4) is 23.7 Å². The molecule has 1 saturated heterocycles. The third-order valence-electron chi connectivity index (χ3n) is 5.49. The molecule has 1 atom stereocenters. The molecule has 0 spiro atoms. The highest BCUT2D eigenvalue weighted by Crippen LogP contribution is 2.31. The van der Waals surface area contributed by atoms with E-state index in [1.54, 1.807) is 13.3 Å². The van der Waals surface area contributed by atoms with Crippen LogP contribution in [-0.2, 0) is 0 Å². The van der Waals surface area contributed by atoms with E-state index in [1.807, 2.05) is 29.2 Å². The number of nitrogens with zero attached hydrogens (tertiary/aromatic N) is 5. The van der Waals surface area contributed by atoms with Crippen LogP contribution in [0, 0.1) is 17.8 Å². The van der Waals surface area contributed by atoms with Crippen LogP contribution >= 0.6 is 0 Å². The Balaban J connectivity index is 1.67. The molecule has 0 bridgehead atoms. The molecule has 7 nitrogen and oxygen atoms in total. The molecular formula is C22H22FN7. The van der Waals surface area contributed by atoms with E-state index in [0.29, 0.717) is 24.5 Å². The van der Waals surface area contributed by atoms with E-state index in [9.17, 15) is 4.39 Å². The van der Waals surface area contributed by atoms with Gasteiger partial charge in [-0.3, -0.25) is 10.1 Å². The molecule has 30 heavy (non-hydrogen) atoms. The molecule has 0 saturated carbocycles. The van der Waals surface area contributed by atoms with Crippen LogP contribution in [0.25, 0.3) is 22.3 Å². The molecule has 1 aromatic carbocycles. The van der Waals surface area contributed by atoms with Gasteiger partial charge >= 0.3 is 0 Å². The first kappa shape index (κ1) is 19.7. The molecule has 1 unspecified atom stereocenters. The van der Waals surface area contributed by atoms with E-state index in [-0.39, 0.29) is 18.8 Å². The van der Waals surface area contributed by atoms with Gasteiger partial charge < -0.3 is 10.3 Å². The molecule has 0 radical (unpaired) electrons. The van der Waals surface area contributed by atoms with Crippen LogP contribution in [0.1, 0.15) is 24.3 Å². The van der Waals surface area contributed by atoms with Crippen molar-refractivity contribution in [2.24, 2.45) is 4.99 Å². The fourth-order valence-electron chi connectivity index (χ4n) is 3.70. The van der Waals surface area contributed by atoms with Gasteiger partial charge in [-0.05, 0) is 17.7 Å². The Kier molecular flexibility index (Phi) is 5.27. The van der Waals surface area contributed by atoms with Crippen LogP contribution < -0.4 is 4.90 Å². The third kappa shape index (κ3) is 3.66. The van der Waals surface area contributed by atoms with Crippen molar-refractivity contribution in [2.75, 3.05) is 25.0 Å².